The van der Waals surface area contributed by atoms with Gasteiger partial charge in [0.15, 0.2) is 18.1 Å². The second kappa shape index (κ2) is 11.7. The molecule has 34 heavy (non-hydrogen) atoms. The van der Waals surface area contributed by atoms with Gasteiger partial charge in [0, 0.05) is 25.3 Å². The fraction of sp³-hybridized carbons (Fsp3) is 0.160. The van der Waals surface area contributed by atoms with E-state index in [9.17, 15) is 9.59 Å². The van der Waals surface area contributed by atoms with Crippen molar-refractivity contribution in [3.63, 3.8) is 0 Å². The molecule has 0 fully saturated rings. The molecule has 0 aliphatic rings. The summed E-state index contributed by atoms with van der Waals surface area (Å²) < 4.78 is 10.9. The molecule has 3 aromatic rings. The smallest absolute Gasteiger partial charge is 0.271 e. The van der Waals surface area contributed by atoms with Crippen molar-refractivity contribution in [3.8, 4) is 11.5 Å². The van der Waals surface area contributed by atoms with Gasteiger partial charge in [-0.2, -0.15) is 5.10 Å². The number of para-hydroxylation sites is 1. The van der Waals surface area contributed by atoms with Crippen molar-refractivity contribution in [2.45, 2.75) is 0 Å². The van der Waals surface area contributed by atoms with Gasteiger partial charge in [0.05, 0.1) is 24.0 Å². The van der Waals surface area contributed by atoms with Crippen LogP contribution in [0.2, 0.25) is 5.02 Å². The maximum absolute atomic E-state index is 12.4. The van der Waals surface area contributed by atoms with Gasteiger partial charge in [-0.25, -0.2) is 5.43 Å². The standard InChI is InChI=1S/C25H25ClN4O4/c1-30(2)19-8-6-7-18(14-19)25(32)29-27-15-17-11-12-22(23(13-17)33-3)34-16-24(31)28-21-10-5-4-9-20(21)26/h4-15H,16H2,1-3H3,(H,28,31)(H,29,32)/b27-15+. The number of anilines is 2. The SMILES string of the molecule is COc1cc(/C=N/NC(=O)c2cccc(N(C)C)c2)ccc1OCC(=O)Nc1ccccc1Cl. The van der Waals surface area contributed by atoms with Gasteiger partial charge in [0.2, 0.25) is 0 Å². The molecule has 9 heteroatoms. The number of hydrogen-bond donors (Lipinski definition) is 2. The van der Waals surface area contributed by atoms with E-state index in [4.69, 9.17) is 21.1 Å². The molecule has 0 atom stereocenters. The lowest BCUT2D eigenvalue weighted by Crippen LogP contribution is -2.20. The highest BCUT2D eigenvalue weighted by Crippen LogP contribution is 2.28. The third kappa shape index (κ3) is 6.73. The number of carbonyl (C=O) groups excluding carboxylic acids is 2. The largest absolute Gasteiger partial charge is 0.493 e. The monoisotopic (exact) mass is 480 g/mol. The van der Waals surface area contributed by atoms with Crippen molar-refractivity contribution in [1.29, 1.82) is 0 Å². The molecule has 2 N–H and O–H groups in total. The van der Waals surface area contributed by atoms with Crippen LogP contribution in [0.1, 0.15) is 15.9 Å². The minimum atomic E-state index is -0.359. The molecular formula is C25H25ClN4O4. The van der Waals surface area contributed by atoms with E-state index in [-0.39, 0.29) is 18.4 Å². The van der Waals surface area contributed by atoms with Crippen LogP contribution >= 0.6 is 11.6 Å². The Morgan fingerprint density at radius 1 is 1.03 bits per heavy atom. The Morgan fingerprint density at radius 2 is 1.82 bits per heavy atom. The van der Waals surface area contributed by atoms with Gasteiger partial charge < -0.3 is 19.7 Å². The molecule has 2 amide bonds. The highest BCUT2D eigenvalue weighted by Gasteiger charge is 2.10. The number of hydrazone groups is 1. The third-order valence-corrected chi connectivity index (χ3v) is 5.03. The average molecular weight is 481 g/mol. The number of hydrogen-bond acceptors (Lipinski definition) is 6. The molecule has 3 aromatic carbocycles. The molecule has 176 valence electrons. The molecule has 0 bridgehead atoms. The van der Waals surface area contributed by atoms with Crippen LogP contribution < -0.4 is 25.1 Å². The number of nitrogens with zero attached hydrogens (tertiary/aromatic N) is 2. The molecule has 3 rings (SSSR count). The zero-order chi connectivity index (χ0) is 24.5. The zero-order valence-electron chi connectivity index (χ0n) is 19.0. The van der Waals surface area contributed by atoms with Crippen LogP contribution in [0.3, 0.4) is 0 Å². The van der Waals surface area contributed by atoms with E-state index in [0.29, 0.717) is 33.3 Å². The van der Waals surface area contributed by atoms with Gasteiger partial charge in [-0.1, -0.05) is 29.8 Å². The van der Waals surface area contributed by atoms with Crippen molar-refractivity contribution in [3.05, 3.63) is 82.9 Å². The highest BCUT2D eigenvalue weighted by atomic mass is 35.5. The van der Waals surface area contributed by atoms with Crippen LogP contribution in [-0.4, -0.2) is 45.8 Å². The van der Waals surface area contributed by atoms with Crippen molar-refractivity contribution < 1.29 is 19.1 Å². The summed E-state index contributed by atoms with van der Waals surface area (Å²) in [6, 6.07) is 19.2. The predicted molar refractivity (Wildman–Crippen MR) is 134 cm³/mol. The minimum absolute atomic E-state index is 0.225. The van der Waals surface area contributed by atoms with Crippen molar-refractivity contribution >= 4 is 41.0 Å². The Labute approximate surface area is 203 Å². The molecule has 0 aliphatic heterocycles. The van der Waals surface area contributed by atoms with Gasteiger partial charge in [0.25, 0.3) is 11.8 Å². The Balaban J connectivity index is 1.58. The van der Waals surface area contributed by atoms with Crippen LogP contribution in [0.15, 0.2) is 71.8 Å². The highest BCUT2D eigenvalue weighted by molar-refractivity contribution is 6.33. The van der Waals surface area contributed by atoms with Crippen molar-refractivity contribution in [1.82, 2.24) is 5.43 Å². The van der Waals surface area contributed by atoms with E-state index in [0.717, 1.165) is 5.69 Å². The summed E-state index contributed by atoms with van der Waals surface area (Å²) in [5.41, 5.74) is 5.10. The van der Waals surface area contributed by atoms with Gasteiger partial charge in [-0.3, -0.25) is 9.59 Å². The Morgan fingerprint density at radius 3 is 2.56 bits per heavy atom. The molecule has 0 aromatic heterocycles. The summed E-state index contributed by atoms with van der Waals surface area (Å²) in [6.45, 7) is -0.225. The number of ether oxygens (including phenoxy) is 2. The van der Waals surface area contributed by atoms with E-state index >= 15 is 0 Å². The molecule has 0 saturated carbocycles. The normalized spacial score (nSPS) is 10.6. The first-order valence-corrected chi connectivity index (χ1v) is 10.7. The first kappa shape index (κ1) is 24.6. The van der Waals surface area contributed by atoms with Gasteiger partial charge in [-0.05, 0) is 54.1 Å². The van der Waals surface area contributed by atoms with Crippen LogP contribution in [0.25, 0.3) is 0 Å². The lowest BCUT2D eigenvalue weighted by Gasteiger charge is -2.13. The van der Waals surface area contributed by atoms with E-state index < -0.39 is 0 Å². The van der Waals surface area contributed by atoms with E-state index in [2.05, 4.69) is 15.8 Å². The maximum Gasteiger partial charge on any atom is 0.271 e. The van der Waals surface area contributed by atoms with Crippen molar-refractivity contribution in [2.24, 2.45) is 5.10 Å². The van der Waals surface area contributed by atoms with Crippen molar-refractivity contribution in [2.75, 3.05) is 38.0 Å². The summed E-state index contributed by atoms with van der Waals surface area (Å²) >= 11 is 6.05. The number of benzene rings is 3. The van der Waals surface area contributed by atoms with Crippen LogP contribution in [0.4, 0.5) is 11.4 Å². The summed E-state index contributed by atoms with van der Waals surface area (Å²) in [7, 11) is 5.30. The fourth-order valence-electron chi connectivity index (χ4n) is 2.93. The lowest BCUT2D eigenvalue weighted by atomic mass is 10.2. The van der Waals surface area contributed by atoms with Crippen LogP contribution in [0.5, 0.6) is 11.5 Å². The number of carbonyl (C=O) groups is 2. The fourth-order valence-corrected chi connectivity index (χ4v) is 3.11. The lowest BCUT2D eigenvalue weighted by molar-refractivity contribution is -0.118. The molecule has 0 spiro atoms. The number of halogens is 1. The van der Waals surface area contributed by atoms with Gasteiger partial charge in [0.1, 0.15) is 0 Å². The molecule has 0 heterocycles. The zero-order valence-corrected chi connectivity index (χ0v) is 19.8. The van der Waals surface area contributed by atoms with E-state index in [1.54, 1.807) is 54.6 Å². The Hall–Kier alpha value is -4.04. The molecule has 0 saturated heterocycles. The number of nitrogens with one attached hydrogen (secondary N) is 2. The first-order valence-electron chi connectivity index (χ1n) is 10.3. The maximum atomic E-state index is 12.4. The Bertz CT molecular complexity index is 1200. The quantitative estimate of drug-likeness (QED) is 0.354. The summed E-state index contributed by atoms with van der Waals surface area (Å²) in [6.07, 6.45) is 1.49. The van der Waals surface area contributed by atoms with Gasteiger partial charge in [-0.15, -0.1) is 0 Å². The predicted octanol–water partition coefficient (Wildman–Crippen LogP) is 4.20. The summed E-state index contributed by atoms with van der Waals surface area (Å²) in [5.74, 6) is 0.122. The number of rotatable bonds is 9. The average Bonchev–Trinajstić information content (AvgIpc) is 2.84. The number of methoxy groups -OCH3 is 1. The Kier molecular flexibility index (Phi) is 8.48. The minimum Gasteiger partial charge on any atom is -0.493 e. The molecule has 0 radical (unpaired) electrons. The van der Waals surface area contributed by atoms with Crippen LogP contribution in [0, 0.1) is 0 Å². The number of amides is 2. The summed E-state index contributed by atoms with van der Waals surface area (Å²) in [5, 5.41) is 7.15. The van der Waals surface area contributed by atoms with Gasteiger partial charge >= 0.3 is 0 Å². The molecular weight excluding hydrogens is 456 g/mol. The van der Waals surface area contributed by atoms with E-state index in [1.165, 1.54) is 13.3 Å². The van der Waals surface area contributed by atoms with Crippen LogP contribution in [-0.2, 0) is 4.79 Å². The van der Waals surface area contributed by atoms with E-state index in [1.807, 2.05) is 31.1 Å². The first-order chi connectivity index (χ1) is 16.4. The molecule has 0 unspecified atom stereocenters. The molecule has 0 aliphatic carbocycles. The summed E-state index contributed by atoms with van der Waals surface area (Å²) in [4.78, 5) is 26.5. The topological polar surface area (TPSA) is 92.3 Å². The second-order valence-electron chi connectivity index (χ2n) is 7.37. The second-order valence-corrected chi connectivity index (χ2v) is 7.78. The molecule has 8 nitrogen and oxygen atoms in total. The third-order valence-electron chi connectivity index (χ3n) is 4.70.